The second-order valence-corrected chi connectivity index (χ2v) is 7.96. The van der Waals surface area contributed by atoms with Crippen molar-refractivity contribution in [2.45, 2.75) is 23.8 Å². The summed E-state index contributed by atoms with van der Waals surface area (Å²) in [7, 11) is -3.65. The Labute approximate surface area is 131 Å². The van der Waals surface area contributed by atoms with E-state index in [0.717, 1.165) is 12.8 Å². The zero-order valence-electron chi connectivity index (χ0n) is 9.94. The van der Waals surface area contributed by atoms with E-state index in [-0.39, 0.29) is 21.0 Å². The Kier molecular flexibility index (Phi) is 4.80. The molecule has 0 bridgehead atoms. The first-order chi connectivity index (χ1) is 8.84. The lowest BCUT2D eigenvalue weighted by Crippen LogP contribution is -2.45. The highest BCUT2D eigenvalue weighted by Crippen LogP contribution is 2.36. The van der Waals surface area contributed by atoms with Gasteiger partial charge in [0.1, 0.15) is 4.90 Å². The van der Waals surface area contributed by atoms with Crippen LogP contribution in [0.4, 0.5) is 0 Å². The van der Waals surface area contributed by atoms with Crippen LogP contribution in [0, 0.1) is 0 Å². The summed E-state index contributed by atoms with van der Waals surface area (Å²) in [6.45, 7) is 0.770. The van der Waals surface area contributed by atoms with Crippen molar-refractivity contribution in [2.24, 2.45) is 5.73 Å². The highest BCUT2D eigenvalue weighted by molar-refractivity contribution is 9.10. The normalized spacial score (nSPS) is 21.6. The van der Waals surface area contributed by atoms with Crippen LogP contribution in [0.5, 0.6) is 0 Å². The molecule has 2 N–H and O–H groups in total. The molecule has 0 radical (unpaired) electrons. The Morgan fingerprint density at radius 1 is 1.32 bits per heavy atom. The van der Waals surface area contributed by atoms with E-state index in [2.05, 4.69) is 15.9 Å². The van der Waals surface area contributed by atoms with Gasteiger partial charge >= 0.3 is 0 Å². The quantitative estimate of drug-likeness (QED) is 0.793. The first kappa shape index (κ1) is 15.5. The molecule has 1 aromatic rings. The molecule has 8 heteroatoms. The molecule has 4 nitrogen and oxygen atoms in total. The van der Waals surface area contributed by atoms with Crippen molar-refractivity contribution in [1.29, 1.82) is 0 Å². The van der Waals surface area contributed by atoms with Gasteiger partial charge in [0.2, 0.25) is 10.0 Å². The molecule has 0 amide bonds. The molecule has 106 valence electrons. The van der Waals surface area contributed by atoms with Crippen LogP contribution in [-0.4, -0.2) is 31.9 Å². The summed E-state index contributed by atoms with van der Waals surface area (Å²) in [5.41, 5.74) is 5.82. The zero-order valence-corrected chi connectivity index (χ0v) is 13.9. The van der Waals surface area contributed by atoms with Crippen molar-refractivity contribution in [3.8, 4) is 0 Å². The van der Waals surface area contributed by atoms with Crippen molar-refractivity contribution in [3.63, 3.8) is 0 Å². The minimum absolute atomic E-state index is 0.0245. The lowest BCUT2D eigenvalue weighted by atomic mass is 10.1. The third-order valence-corrected chi connectivity index (χ3v) is 6.83. The molecule has 1 aliphatic heterocycles. The van der Waals surface area contributed by atoms with E-state index in [9.17, 15) is 8.42 Å². The number of benzene rings is 1. The van der Waals surface area contributed by atoms with Crippen LogP contribution in [0.15, 0.2) is 21.5 Å². The number of rotatable bonds is 2. The topological polar surface area (TPSA) is 63.4 Å². The number of halogens is 3. The highest BCUT2D eigenvalue weighted by Gasteiger charge is 2.31. The van der Waals surface area contributed by atoms with Gasteiger partial charge in [-0.15, -0.1) is 0 Å². The van der Waals surface area contributed by atoms with Crippen LogP contribution >= 0.6 is 39.1 Å². The van der Waals surface area contributed by atoms with Gasteiger partial charge in [0.05, 0.1) is 10.0 Å². The molecule has 1 aliphatic rings. The number of nitrogens with two attached hydrogens (primary N) is 1. The molecule has 0 aromatic heterocycles. The molecule has 0 spiro atoms. The summed E-state index contributed by atoms with van der Waals surface area (Å²) in [6, 6.07) is 2.90. The molecule has 1 saturated heterocycles. The van der Waals surface area contributed by atoms with E-state index in [0.29, 0.717) is 17.6 Å². The number of piperidine rings is 1. The highest BCUT2D eigenvalue weighted by atomic mass is 79.9. The van der Waals surface area contributed by atoms with Gasteiger partial charge in [0, 0.05) is 23.6 Å². The number of hydrogen-bond acceptors (Lipinski definition) is 3. The van der Waals surface area contributed by atoms with Crippen LogP contribution in [0.3, 0.4) is 0 Å². The predicted molar refractivity (Wildman–Crippen MR) is 80.1 cm³/mol. The zero-order chi connectivity index (χ0) is 14.2. The lowest BCUT2D eigenvalue weighted by Gasteiger charge is -2.30. The largest absolute Gasteiger partial charge is 0.327 e. The fourth-order valence-corrected chi connectivity index (χ4v) is 4.77. The third kappa shape index (κ3) is 3.09. The van der Waals surface area contributed by atoms with Crippen molar-refractivity contribution in [3.05, 3.63) is 26.7 Å². The van der Waals surface area contributed by atoms with Gasteiger partial charge in [0.15, 0.2) is 0 Å². The lowest BCUT2D eigenvalue weighted by molar-refractivity contribution is 0.316. The summed E-state index contributed by atoms with van der Waals surface area (Å²) in [5, 5.41) is 0.235. The second-order valence-electron chi connectivity index (χ2n) is 4.44. The summed E-state index contributed by atoms with van der Waals surface area (Å²) in [5.74, 6) is 0. The molecule has 0 saturated carbocycles. The molecule has 1 fully saturated rings. The Bertz CT molecular complexity index is 595. The minimum Gasteiger partial charge on any atom is -0.327 e. The molecule has 1 aromatic carbocycles. The van der Waals surface area contributed by atoms with E-state index in [1.54, 1.807) is 6.07 Å². The fraction of sp³-hybridized carbons (Fsp3) is 0.455. The van der Waals surface area contributed by atoms with Crippen molar-refractivity contribution in [2.75, 3.05) is 13.1 Å². The van der Waals surface area contributed by atoms with Crippen LogP contribution < -0.4 is 5.73 Å². The van der Waals surface area contributed by atoms with Crippen LogP contribution in [0.1, 0.15) is 12.8 Å². The van der Waals surface area contributed by atoms with Gasteiger partial charge in [-0.1, -0.05) is 23.2 Å². The summed E-state index contributed by atoms with van der Waals surface area (Å²) < 4.78 is 27.0. The first-order valence-corrected chi connectivity index (χ1v) is 8.72. The molecular formula is C11H13BrCl2N2O2S. The Balaban J connectivity index is 2.42. The molecular weight excluding hydrogens is 375 g/mol. The van der Waals surface area contributed by atoms with Crippen LogP contribution in [-0.2, 0) is 10.0 Å². The van der Waals surface area contributed by atoms with Crippen LogP contribution in [0.2, 0.25) is 10.0 Å². The number of sulfonamides is 1. The average Bonchev–Trinajstić information content (AvgIpc) is 2.36. The Morgan fingerprint density at radius 2 is 2.00 bits per heavy atom. The van der Waals surface area contributed by atoms with Gasteiger partial charge in [-0.05, 0) is 40.9 Å². The maximum absolute atomic E-state index is 12.5. The van der Waals surface area contributed by atoms with Gasteiger partial charge in [-0.25, -0.2) is 8.42 Å². The summed E-state index contributed by atoms with van der Waals surface area (Å²) in [4.78, 5) is 0.0245. The molecule has 1 heterocycles. The van der Waals surface area contributed by atoms with E-state index in [4.69, 9.17) is 28.9 Å². The smallest absolute Gasteiger partial charge is 0.244 e. The summed E-state index contributed by atoms with van der Waals surface area (Å²) in [6.07, 6.45) is 1.59. The third-order valence-electron chi connectivity index (χ3n) is 3.04. The minimum atomic E-state index is -3.65. The monoisotopic (exact) mass is 386 g/mol. The first-order valence-electron chi connectivity index (χ1n) is 5.73. The second kappa shape index (κ2) is 5.87. The standard InChI is InChI=1S/C11H13BrCl2N2O2S/c12-8-3-4-9(11(14)10(8)13)19(17,18)16-5-1-2-7(15)6-16/h3-4,7H,1-2,5-6,15H2. The van der Waals surface area contributed by atoms with Crippen molar-refractivity contribution < 1.29 is 8.42 Å². The summed E-state index contributed by atoms with van der Waals surface area (Å²) >= 11 is 15.2. The SMILES string of the molecule is NC1CCCN(S(=O)(=O)c2ccc(Br)c(Cl)c2Cl)C1. The van der Waals surface area contributed by atoms with Gasteiger partial charge in [-0.2, -0.15) is 4.31 Å². The van der Waals surface area contributed by atoms with E-state index in [1.807, 2.05) is 0 Å². The Hall–Kier alpha value is 0.150. The Morgan fingerprint density at radius 3 is 2.63 bits per heavy atom. The van der Waals surface area contributed by atoms with Gasteiger partial charge < -0.3 is 5.73 Å². The predicted octanol–water partition coefficient (Wildman–Crippen LogP) is 2.87. The molecule has 19 heavy (non-hydrogen) atoms. The van der Waals surface area contributed by atoms with Crippen molar-refractivity contribution in [1.82, 2.24) is 4.31 Å². The number of nitrogens with zero attached hydrogens (tertiary/aromatic N) is 1. The molecule has 0 aliphatic carbocycles. The maximum atomic E-state index is 12.5. The fourth-order valence-electron chi connectivity index (χ4n) is 2.04. The van der Waals surface area contributed by atoms with E-state index >= 15 is 0 Å². The molecule has 1 unspecified atom stereocenters. The molecule has 2 rings (SSSR count). The molecule has 1 atom stereocenters. The van der Waals surface area contributed by atoms with Crippen LogP contribution in [0.25, 0.3) is 0 Å². The van der Waals surface area contributed by atoms with Gasteiger partial charge in [0.25, 0.3) is 0 Å². The number of hydrogen-bond donors (Lipinski definition) is 1. The van der Waals surface area contributed by atoms with Crippen molar-refractivity contribution >= 4 is 49.2 Å². The van der Waals surface area contributed by atoms with E-state index < -0.39 is 10.0 Å². The average molecular weight is 388 g/mol. The van der Waals surface area contributed by atoms with E-state index in [1.165, 1.54) is 10.4 Å². The maximum Gasteiger partial charge on any atom is 0.244 e. The van der Waals surface area contributed by atoms with Gasteiger partial charge in [-0.3, -0.25) is 0 Å².